The summed E-state index contributed by atoms with van der Waals surface area (Å²) in [6.07, 6.45) is 2.87. The summed E-state index contributed by atoms with van der Waals surface area (Å²) in [6, 6.07) is 5.34. The number of benzene rings is 1. The predicted octanol–water partition coefficient (Wildman–Crippen LogP) is 2.75. The van der Waals surface area contributed by atoms with Crippen LogP contribution in [-0.2, 0) is 14.3 Å². The summed E-state index contributed by atoms with van der Waals surface area (Å²) in [7, 11) is 0. The molecule has 0 aliphatic rings. The third kappa shape index (κ3) is 4.58. The molecular weight excluding hydrogens is 244 g/mol. The van der Waals surface area contributed by atoms with E-state index in [4.69, 9.17) is 9.47 Å². The van der Waals surface area contributed by atoms with Crippen molar-refractivity contribution in [2.75, 3.05) is 13.2 Å². The van der Waals surface area contributed by atoms with Crippen molar-refractivity contribution >= 4 is 18.0 Å². The quantitative estimate of drug-likeness (QED) is 0.605. The van der Waals surface area contributed by atoms with Crippen molar-refractivity contribution in [3.05, 3.63) is 41.0 Å². The number of carbonyl (C=O) groups excluding carboxylic acids is 2. The van der Waals surface area contributed by atoms with Gasteiger partial charge < -0.3 is 9.47 Å². The zero-order valence-electron chi connectivity index (χ0n) is 11.4. The van der Waals surface area contributed by atoms with E-state index in [9.17, 15) is 9.59 Å². The lowest BCUT2D eigenvalue weighted by molar-refractivity contribution is -0.137. The summed E-state index contributed by atoms with van der Waals surface area (Å²) in [5.74, 6) is -0.829. The van der Waals surface area contributed by atoms with Crippen LogP contribution in [0.4, 0.5) is 0 Å². The standard InChI is InChI=1S/C15H18O4/c1-4-18-14(16)9-7-12-10-11(3)6-8-13(12)15(17)19-5-2/h6-10H,4-5H2,1-3H3/b9-7+. The SMILES string of the molecule is CCOC(=O)/C=C/c1cc(C)ccc1C(=O)OCC. The Morgan fingerprint density at radius 3 is 2.47 bits per heavy atom. The van der Waals surface area contributed by atoms with E-state index in [0.717, 1.165) is 5.56 Å². The number of rotatable bonds is 5. The van der Waals surface area contributed by atoms with Gasteiger partial charge in [0.1, 0.15) is 0 Å². The number of ether oxygens (including phenoxy) is 2. The first-order chi connectivity index (χ1) is 9.08. The lowest BCUT2D eigenvalue weighted by atomic mass is 10.0. The van der Waals surface area contributed by atoms with Crippen molar-refractivity contribution in [1.29, 1.82) is 0 Å². The fourth-order valence-electron chi connectivity index (χ4n) is 1.56. The van der Waals surface area contributed by atoms with Crippen LogP contribution >= 0.6 is 0 Å². The highest BCUT2D eigenvalue weighted by molar-refractivity contribution is 5.96. The topological polar surface area (TPSA) is 52.6 Å². The molecule has 1 aromatic carbocycles. The zero-order chi connectivity index (χ0) is 14.3. The van der Waals surface area contributed by atoms with Crippen LogP contribution in [0.5, 0.6) is 0 Å². The maximum atomic E-state index is 11.8. The van der Waals surface area contributed by atoms with E-state index in [-0.39, 0.29) is 0 Å². The van der Waals surface area contributed by atoms with Gasteiger partial charge in [-0.05, 0) is 38.5 Å². The molecule has 1 aromatic rings. The molecule has 0 heterocycles. The Morgan fingerprint density at radius 1 is 1.16 bits per heavy atom. The molecule has 0 spiro atoms. The smallest absolute Gasteiger partial charge is 0.338 e. The highest BCUT2D eigenvalue weighted by atomic mass is 16.5. The molecule has 0 aliphatic heterocycles. The Balaban J connectivity index is 3.00. The van der Waals surface area contributed by atoms with Crippen molar-refractivity contribution in [2.45, 2.75) is 20.8 Å². The predicted molar refractivity (Wildman–Crippen MR) is 72.8 cm³/mol. The number of hydrogen-bond donors (Lipinski definition) is 0. The minimum absolute atomic E-state index is 0.313. The van der Waals surface area contributed by atoms with Crippen LogP contribution in [0.1, 0.15) is 35.3 Å². The minimum Gasteiger partial charge on any atom is -0.463 e. The molecule has 4 nitrogen and oxygen atoms in total. The molecule has 4 heteroatoms. The molecule has 0 radical (unpaired) electrons. The highest BCUT2D eigenvalue weighted by Crippen LogP contribution is 2.15. The largest absolute Gasteiger partial charge is 0.463 e. The van der Waals surface area contributed by atoms with Gasteiger partial charge in [0.2, 0.25) is 0 Å². The van der Waals surface area contributed by atoms with Gasteiger partial charge in [0, 0.05) is 6.08 Å². The second kappa shape index (κ2) is 7.36. The maximum Gasteiger partial charge on any atom is 0.338 e. The minimum atomic E-state index is -0.432. The third-order valence-electron chi connectivity index (χ3n) is 2.39. The van der Waals surface area contributed by atoms with E-state index in [1.165, 1.54) is 6.08 Å². The van der Waals surface area contributed by atoms with Gasteiger partial charge in [-0.25, -0.2) is 9.59 Å². The maximum absolute atomic E-state index is 11.8. The first-order valence-electron chi connectivity index (χ1n) is 6.21. The summed E-state index contributed by atoms with van der Waals surface area (Å²) >= 11 is 0. The molecule has 0 fully saturated rings. The second-order valence-electron chi connectivity index (χ2n) is 3.90. The van der Waals surface area contributed by atoms with E-state index in [2.05, 4.69) is 0 Å². The Bertz CT molecular complexity index is 489. The Labute approximate surface area is 113 Å². The Kier molecular flexibility index (Phi) is 5.79. The van der Waals surface area contributed by atoms with Gasteiger partial charge in [0.15, 0.2) is 0 Å². The van der Waals surface area contributed by atoms with Crippen LogP contribution in [0.2, 0.25) is 0 Å². The normalized spacial score (nSPS) is 10.5. The summed E-state index contributed by atoms with van der Waals surface area (Å²) in [6.45, 7) is 6.04. The molecule has 0 saturated heterocycles. The van der Waals surface area contributed by atoms with E-state index in [0.29, 0.717) is 24.3 Å². The highest BCUT2D eigenvalue weighted by Gasteiger charge is 2.11. The third-order valence-corrected chi connectivity index (χ3v) is 2.39. The number of carbonyl (C=O) groups is 2. The molecule has 102 valence electrons. The summed E-state index contributed by atoms with van der Waals surface area (Å²) in [5, 5.41) is 0. The average molecular weight is 262 g/mol. The molecular formula is C15H18O4. The van der Waals surface area contributed by atoms with Gasteiger partial charge in [0.05, 0.1) is 18.8 Å². The Morgan fingerprint density at radius 2 is 1.84 bits per heavy atom. The van der Waals surface area contributed by atoms with Crippen molar-refractivity contribution in [1.82, 2.24) is 0 Å². The summed E-state index contributed by atoms with van der Waals surface area (Å²) in [4.78, 5) is 23.1. The van der Waals surface area contributed by atoms with Crippen LogP contribution < -0.4 is 0 Å². The van der Waals surface area contributed by atoms with Gasteiger partial charge in [-0.1, -0.05) is 17.7 Å². The van der Waals surface area contributed by atoms with E-state index in [1.54, 1.807) is 26.0 Å². The van der Waals surface area contributed by atoms with Gasteiger partial charge >= 0.3 is 11.9 Å². The van der Waals surface area contributed by atoms with Crippen LogP contribution in [0, 0.1) is 6.92 Å². The first-order valence-corrected chi connectivity index (χ1v) is 6.21. The van der Waals surface area contributed by atoms with Crippen molar-refractivity contribution < 1.29 is 19.1 Å². The van der Waals surface area contributed by atoms with E-state index >= 15 is 0 Å². The van der Waals surface area contributed by atoms with E-state index in [1.807, 2.05) is 19.1 Å². The van der Waals surface area contributed by atoms with Crippen LogP contribution in [-0.4, -0.2) is 25.2 Å². The van der Waals surface area contributed by atoms with E-state index < -0.39 is 11.9 Å². The summed E-state index contributed by atoms with van der Waals surface area (Å²) in [5.41, 5.74) is 2.08. The van der Waals surface area contributed by atoms with Gasteiger partial charge in [-0.2, -0.15) is 0 Å². The molecule has 0 atom stereocenters. The molecule has 19 heavy (non-hydrogen) atoms. The molecule has 0 bridgehead atoms. The molecule has 0 amide bonds. The monoisotopic (exact) mass is 262 g/mol. The van der Waals surface area contributed by atoms with Crippen molar-refractivity contribution in [3.63, 3.8) is 0 Å². The van der Waals surface area contributed by atoms with Gasteiger partial charge in [-0.3, -0.25) is 0 Å². The molecule has 0 aliphatic carbocycles. The van der Waals surface area contributed by atoms with Gasteiger partial charge in [0.25, 0.3) is 0 Å². The fourth-order valence-corrected chi connectivity index (χ4v) is 1.56. The molecule has 0 aromatic heterocycles. The molecule has 0 saturated carbocycles. The van der Waals surface area contributed by atoms with Crippen LogP contribution in [0.3, 0.4) is 0 Å². The number of hydrogen-bond acceptors (Lipinski definition) is 4. The van der Waals surface area contributed by atoms with Crippen LogP contribution in [0.25, 0.3) is 6.08 Å². The summed E-state index contributed by atoms with van der Waals surface area (Å²) < 4.78 is 9.77. The Hall–Kier alpha value is -2.10. The lowest BCUT2D eigenvalue weighted by Crippen LogP contribution is -2.07. The average Bonchev–Trinajstić information content (AvgIpc) is 2.37. The van der Waals surface area contributed by atoms with Crippen LogP contribution in [0.15, 0.2) is 24.3 Å². The fraction of sp³-hybridized carbons (Fsp3) is 0.333. The van der Waals surface area contributed by atoms with Crippen molar-refractivity contribution in [3.8, 4) is 0 Å². The first kappa shape index (κ1) is 15.0. The number of aryl methyl sites for hydroxylation is 1. The zero-order valence-corrected chi connectivity index (χ0v) is 11.4. The number of esters is 2. The molecule has 0 N–H and O–H groups in total. The molecule has 1 rings (SSSR count). The lowest BCUT2D eigenvalue weighted by Gasteiger charge is -2.06. The second-order valence-corrected chi connectivity index (χ2v) is 3.90. The van der Waals surface area contributed by atoms with Crippen molar-refractivity contribution in [2.24, 2.45) is 0 Å². The molecule has 0 unspecified atom stereocenters. The van der Waals surface area contributed by atoms with Gasteiger partial charge in [-0.15, -0.1) is 0 Å².